The second kappa shape index (κ2) is 9.21. The zero-order valence-electron chi connectivity index (χ0n) is 16.0. The molecule has 0 aliphatic rings. The van der Waals surface area contributed by atoms with Gasteiger partial charge in [0.05, 0.1) is 23.0 Å². The number of halogens is 1. The first-order valence-electron chi connectivity index (χ1n) is 9.03. The number of para-hydroxylation sites is 1. The van der Waals surface area contributed by atoms with Crippen LogP contribution in [-0.2, 0) is 9.59 Å². The van der Waals surface area contributed by atoms with E-state index < -0.39 is 11.8 Å². The first kappa shape index (κ1) is 20.4. The van der Waals surface area contributed by atoms with Gasteiger partial charge in [-0.3, -0.25) is 9.59 Å². The second-order valence-corrected chi connectivity index (χ2v) is 6.91. The van der Waals surface area contributed by atoms with Crippen molar-refractivity contribution in [3.8, 4) is 5.75 Å². The van der Waals surface area contributed by atoms with E-state index in [9.17, 15) is 9.59 Å². The van der Waals surface area contributed by atoms with Crippen LogP contribution < -0.4 is 15.5 Å². The molecular weight excluding hydrogens is 390 g/mol. The summed E-state index contributed by atoms with van der Waals surface area (Å²) < 4.78 is 5.85. The average Bonchev–Trinajstić information content (AvgIpc) is 2.70. The molecule has 3 rings (SSSR count). The van der Waals surface area contributed by atoms with Crippen LogP contribution in [0, 0.1) is 0 Å². The lowest BCUT2D eigenvalue weighted by molar-refractivity contribution is -0.136. The van der Waals surface area contributed by atoms with Crippen LogP contribution >= 0.6 is 11.6 Å². The molecule has 0 aliphatic heterocycles. The smallest absolute Gasteiger partial charge is 0.329 e. The maximum Gasteiger partial charge on any atom is 0.329 e. The number of fused-ring (bicyclic) bond motifs is 1. The van der Waals surface area contributed by atoms with Gasteiger partial charge in [0.15, 0.2) is 0 Å². The minimum Gasteiger partial charge on any atom is -0.490 e. The summed E-state index contributed by atoms with van der Waals surface area (Å²) in [4.78, 5) is 24.1. The summed E-state index contributed by atoms with van der Waals surface area (Å²) in [6, 6.07) is 18.2. The number of benzene rings is 3. The van der Waals surface area contributed by atoms with Crippen LogP contribution in [0.1, 0.15) is 19.4 Å². The summed E-state index contributed by atoms with van der Waals surface area (Å²) in [7, 11) is 0. The molecule has 3 aromatic carbocycles. The van der Waals surface area contributed by atoms with E-state index >= 15 is 0 Å². The molecule has 6 nitrogen and oxygen atoms in total. The monoisotopic (exact) mass is 409 g/mol. The minimum atomic E-state index is -0.910. The van der Waals surface area contributed by atoms with Crippen molar-refractivity contribution < 1.29 is 14.3 Å². The fraction of sp³-hybridized carbons (Fsp3) is 0.136. The fourth-order valence-corrected chi connectivity index (χ4v) is 2.90. The first-order chi connectivity index (χ1) is 14.0. The molecule has 7 heteroatoms. The zero-order valence-corrected chi connectivity index (χ0v) is 16.7. The number of ether oxygens (including phenoxy) is 1. The maximum atomic E-state index is 12.1. The Morgan fingerprint density at radius 2 is 1.72 bits per heavy atom. The number of carbonyl (C=O) groups is 2. The van der Waals surface area contributed by atoms with E-state index in [-0.39, 0.29) is 6.10 Å². The Morgan fingerprint density at radius 3 is 2.48 bits per heavy atom. The Balaban J connectivity index is 1.77. The van der Waals surface area contributed by atoms with Gasteiger partial charge in [-0.2, -0.15) is 5.10 Å². The molecular formula is C22H20ClN3O3. The van der Waals surface area contributed by atoms with Gasteiger partial charge in [-0.05, 0) is 42.8 Å². The summed E-state index contributed by atoms with van der Waals surface area (Å²) in [5, 5.41) is 8.65. The summed E-state index contributed by atoms with van der Waals surface area (Å²) in [5.41, 5.74) is 3.29. The molecule has 0 fully saturated rings. The summed E-state index contributed by atoms with van der Waals surface area (Å²) in [6.45, 7) is 3.86. The SMILES string of the molecule is CC(C)Oc1ccc2ccccc2c1/C=N\NC(=O)C(=O)Nc1ccccc1Cl. The maximum absolute atomic E-state index is 12.1. The van der Waals surface area contributed by atoms with Crippen LogP contribution in [0.15, 0.2) is 65.8 Å². The van der Waals surface area contributed by atoms with Crippen LogP contribution in [0.5, 0.6) is 5.75 Å². The van der Waals surface area contributed by atoms with Crippen LogP contribution in [0.2, 0.25) is 5.02 Å². The van der Waals surface area contributed by atoms with Gasteiger partial charge in [0.25, 0.3) is 0 Å². The largest absolute Gasteiger partial charge is 0.490 e. The molecule has 0 aromatic heterocycles. The molecule has 2 amide bonds. The summed E-state index contributed by atoms with van der Waals surface area (Å²) in [5.74, 6) is -1.14. The highest BCUT2D eigenvalue weighted by Gasteiger charge is 2.14. The number of amides is 2. The van der Waals surface area contributed by atoms with Gasteiger partial charge >= 0.3 is 11.8 Å². The lowest BCUT2D eigenvalue weighted by atomic mass is 10.0. The van der Waals surface area contributed by atoms with Crippen molar-refractivity contribution >= 4 is 46.1 Å². The molecule has 0 saturated carbocycles. The second-order valence-electron chi connectivity index (χ2n) is 6.50. The van der Waals surface area contributed by atoms with E-state index in [0.717, 1.165) is 10.8 Å². The van der Waals surface area contributed by atoms with Crippen molar-refractivity contribution in [2.75, 3.05) is 5.32 Å². The number of nitrogens with zero attached hydrogens (tertiary/aromatic N) is 1. The quantitative estimate of drug-likeness (QED) is 0.373. The highest BCUT2D eigenvalue weighted by atomic mass is 35.5. The Labute approximate surface area is 173 Å². The van der Waals surface area contributed by atoms with Gasteiger partial charge in [0.1, 0.15) is 5.75 Å². The first-order valence-corrected chi connectivity index (χ1v) is 9.41. The number of hydrogen-bond donors (Lipinski definition) is 2. The lowest BCUT2D eigenvalue weighted by Crippen LogP contribution is -2.32. The number of anilines is 1. The fourth-order valence-electron chi connectivity index (χ4n) is 2.71. The highest BCUT2D eigenvalue weighted by molar-refractivity contribution is 6.41. The van der Waals surface area contributed by atoms with Gasteiger partial charge < -0.3 is 10.1 Å². The molecule has 0 bridgehead atoms. The summed E-state index contributed by atoms with van der Waals surface area (Å²) >= 11 is 5.98. The number of hydrogen-bond acceptors (Lipinski definition) is 4. The van der Waals surface area contributed by atoms with Crippen LogP contribution in [0.25, 0.3) is 10.8 Å². The van der Waals surface area contributed by atoms with Gasteiger partial charge in [-0.15, -0.1) is 0 Å². The minimum absolute atomic E-state index is 0.0284. The number of carbonyl (C=O) groups excluding carboxylic acids is 2. The third-order valence-corrected chi connectivity index (χ3v) is 4.31. The molecule has 0 aliphatic carbocycles. The van der Waals surface area contributed by atoms with Crippen molar-refractivity contribution in [3.63, 3.8) is 0 Å². The molecule has 0 radical (unpaired) electrons. The molecule has 0 atom stereocenters. The van der Waals surface area contributed by atoms with Crippen molar-refractivity contribution in [3.05, 3.63) is 71.2 Å². The van der Waals surface area contributed by atoms with Crippen LogP contribution in [0.3, 0.4) is 0 Å². The Kier molecular flexibility index (Phi) is 6.46. The molecule has 0 spiro atoms. The summed E-state index contributed by atoms with van der Waals surface area (Å²) in [6.07, 6.45) is 1.44. The van der Waals surface area contributed by atoms with Crippen LogP contribution in [0.4, 0.5) is 5.69 Å². The number of nitrogens with one attached hydrogen (secondary N) is 2. The van der Waals surface area contributed by atoms with E-state index in [1.54, 1.807) is 24.3 Å². The molecule has 29 heavy (non-hydrogen) atoms. The number of rotatable bonds is 5. The van der Waals surface area contributed by atoms with E-state index in [1.807, 2.05) is 50.2 Å². The van der Waals surface area contributed by atoms with Gasteiger partial charge in [0.2, 0.25) is 0 Å². The number of hydrazone groups is 1. The molecule has 148 valence electrons. The molecule has 0 heterocycles. The standard InChI is InChI=1S/C22H20ClN3O3/c1-14(2)29-20-12-11-15-7-3-4-8-16(15)17(20)13-24-26-22(28)21(27)25-19-10-6-5-9-18(19)23/h3-14H,1-2H3,(H,25,27)(H,26,28)/b24-13-. The Morgan fingerprint density at radius 1 is 1.00 bits per heavy atom. The predicted octanol–water partition coefficient (Wildman–Crippen LogP) is 4.37. The third-order valence-electron chi connectivity index (χ3n) is 3.98. The van der Waals surface area contributed by atoms with Crippen molar-refractivity contribution in [1.82, 2.24) is 5.43 Å². The van der Waals surface area contributed by atoms with E-state index in [0.29, 0.717) is 22.0 Å². The topological polar surface area (TPSA) is 79.8 Å². The molecule has 2 N–H and O–H groups in total. The normalized spacial score (nSPS) is 11.0. The Hall–Kier alpha value is -3.38. The Bertz CT molecular complexity index is 1080. The van der Waals surface area contributed by atoms with Crippen molar-refractivity contribution in [2.45, 2.75) is 20.0 Å². The molecule has 3 aromatic rings. The van der Waals surface area contributed by atoms with Crippen molar-refractivity contribution in [2.24, 2.45) is 5.10 Å². The van der Waals surface area contributed by atoms with Gasteiger partial charge in [0, 0.05) is 5.56 Å². The van der Waals surface area contributed by atoms with E-state index in [2.05, 4.69) is 15.8 Å². The van der Waals surface area contributed by atoms with E-state index in [1.165, 1.54) is 6.21 Å². The van der Waals surface area contributed by atoms with Crippen LogP contribution in [-0.4, -0.2) is 24.1 Å². The molecule has 0 saturated heterocycles. The molecule has 0 unspecified atom stereocenters. The van der Waals surface area contributed by atoms with Gasteiger partial charge in [-0.25, -0.2) is 5.43 Å². The van der Waals surface area contributed by atoms with E-state index in [4.69, 9.17) is 16.3 Å². The predicted molar refractivity (Wildman–Crippen MR) is 116 cm³/mol. The van der Waals surface area contributed by atoms with Crippen molar-refractivity contribution in [1.29, 1.82) is 0 Å². The third kappa shape index (κ3) is 5.12. The lowest BCUT2D eigenvalue weighted by Gasteiger charge is -2.14. The highest BCUT2D eigenvalue weighted by Crippen LogP contribution is 2.27. The van der Waals surface area contributed by atoms with Gasteiger partial charge in [-0.1, -0.05) is 54.1 Å². The average molecular weight is 410 g/mol. The zero-order chi connectivity index (χ0) is 20.8.